The molecule has 0 aromatic heterocycles. The molecule has 0 bridgehead atoms. The Morgan fingerprint density at radius 2 is 1.33 bits per heavy atom. The van der Waals surface area contributed by atoms with E-state index in [4.69, 9.17) is 23.8 Å². The molecule has 1 saturated heterocycles. The number of rotatable bonds is 8. The first-order chi connectivity index (χ1) is 20.3. The number of halogens is 1. The quantitative estimate of drug-likeness (QED) is 0.254. The number of nitrogens with one attached hydrogen (secondary N) is 2. The maximum atomic E-state index is 13.5. The molecule has 4 aromatic carbocycles. The number of hydrogen-bond acceptors (Lipinski definition) is 5. The van der Waals surface area contributed by atoms with Gasteiger partial charge in [-0.15, -0.1) is 0 Å². The number of nitrogens with zero attached hydrogens (tertiary/aromatic N) is 2. The Kier molecular flexibility index (Phi) is 9.66. The van der Waals surface area contributed by atoms with Crippen molar-refractivity contribution in [1.82, 2.24) is 14.5 Å². The fraction of sp³-hybridized carbons (Fsp3) is 0.188. The summed E-state index contributed by atoms with van der Waals surface area (Å²) in [5, 5.41) is 6.31. The van der Waals surface area contributed by atoms with Crippen LogP contribution in [-0.2, 0) is 21.2 Å². The molecule has 216 valence electrons. The van der Waals surface area contributed by atoms with Crippen molar-refractivity contribution >= 4 is 50.5 Å². The number of piperazine rings is 1. The van der Waals surface area contributed by atoms with Crippen LogP contribution in [-0.4, -0.2) is 54.8 Å². The van der Waals surface area contributed by atoms with E-state index in [0.29, 0.717) is 36.9 Å². The average Bonchev–Trinajstić information content (AvgIpc) is 3.00. The molecule has 0 radical (unpaired) electrons. The van der Waals surface area contributed by atoms with Crippen LogP contribution in [0.2, 0.25) is 5.02 Å². The van der Waals surface area contributed by atoms with Crippen molar-refractivity contribution in [2.75, 3.05) is 31.5 Å². The second kappa shape index (κ2) is 13.6. The zero-order valence-electron chi connectivity index (χ0n) is 22.8. The summed E-state index contributed by atoms with van der Waals surface area (Å²) in [5.41, 5.74) is 3.75. The fourth-order valence-electron chi connectivity index (χ4n) is 5.07. The highest BCUT2D eigenvalue weighted by Crippen LogP contribution is 2.30. The second-order valence-corrected chi connectivity index (χ2v) is 12.8. The molecule has 7 nitrogen and oxygen atoms in total. The molecule has 0 aliphatic carbocycles. The maximum absolute atomic E-state index is 13.5. The van der Waals surface area contributed by atoms with Crippen molar-refractivity contribution in [1.29, 1.82) is 0 Å². The average molecular weight is 619 g/mol. The molecule has 0 unspecified atom stereocenters. The highest BCUT2D eigenvalue weighted by Gasteiger charge is 2.32. The van der Waals surface area contributed by atoms with Crippen molar-refractivity contribution in [3.8, 4) is 0 Å². The van der Waals surface area contributed by atoms with Gasteiger partial charge in [-0.1, -0.05) is 84.4 Å². The van der Waals surface area contributed by atoms with Crippen LogP contribution >= 0.6 is 23.8 Å². The van der Waals surface area contributed by atoms with Crippen molar-refractivity contribution in [3.05, 3.63) is 131 Å². The molecule has 1 aliphatic rings. The number of anilines is 1. The summed E-state index contributed by atoms with van der Waals surface area (Å²) in [7, 11) is -3.68. The van der Waals surface area contributed by atoms with Crippen LogP contribution in [0.25, 0.3) is 0 Å². The van der Waals surface area contributed by atoms with Crippen LogP contribution in [0.3, 0.4) is 0 Å². The van der Waals surface area contributed by atoms with Gasteiger partial charge in [0.1, 0.15) is 0 Å². The van der Waals surface area contributed by atoms with E-state index in [2.05, 4.69) is 39.8 Å². The topological polar surface area (TPSA) is 81.8 Å². The van der Waals surface area contributed by atoms with E-state index in [1.165, 1.54) is 11.1 Å². The summed E-state index contributed by atoms with van der Waals surface area (Å²) in [6, 6.07) is 34.1. The summed E-state index contributed by atoms with van der Waals surface area (Å²) < 4.78 is 28.5. The third-order valence-electron chi connectivity index (χ3n) is 7.15. The molecule has 0 spiro atoms. The van der Waals surface area contributed by atoms with E-state index in [1.807, 2.05) is 36.4 Å². The zero-order valence-corrected chi connectivity index (χ0v) is 25.2. The van der Waals surface area contributed by atoms with Gasteiger partial charge in [-0.3, -0.25) is 9.69 Å². The fourth-order valence-corrected chi connectivity index (χ4v) is 6.85. The van der Waals surface area contributed by atoms with E-state index in [-0.39, 0.29) is 28.4 Å². The lowest BCUT2D eigenvalue weighted by Gasteiger charge is -2.39. The summed E-state index contributed by atoms with van der Waals surface area (Å²) in [4.78, 5) is 14.9. The molecule has 0 atom stereocenters. The molecule has 42 heavy (non-hydrogen) atoms. The van der Waals surface area contributed by atoms with Gasteiger partial charge < -0.3 is 10.6 Å². The van der Waals surface area contributed by atoms with Crippen LogP contribution in [0, 0.1) is 0 Å². The first kappa shape index (κ1) is 29.9. The second-order valence-electron chi connectivity index (χ2n) is 9.99. The van der Waals surface area contributed by atoms with Gasteiger partial charge >= 0.3 is 0 Å². The molecule has 1 heterocycles. The van der Waals surface area contributed by atoms with E-state index >= 15 is 0 Å². The smallest absolute Gasteiger partial charge is 0.243 e. The van der Waals surface area contributed by atoms with E-state index in [9.17, 15) is 13.2 Å². The van der Waals surface area contributed by atoms with Gasteiger partial charge in [-0.2, -0.15) is 4.31 Å². The molecule has 4 aromatic rings. The number of benzene rings is 4. The molecule has 1 aliphatic heterocycles. The predicted octanol–water partition coefficient (Wildman–Crippen LogP) is 5.49. The number of hydrogen-bond donors (Lipinski definition) is 2. The predicted molar refractivity (Wildman–Crippen MR) is 171 cm³/mol. The minimum Gasteiger partial charge on any atom is -0.332 e. The highest BCUT2D eigenvalue weighted by molar-refractivity contribution is 7.89. The molecule has 5 rings (SSSR count). The van der Waals surface area contributed by atoms with Gasteiger partial charge in [0.05, 0.1) is 17.4 Å². The summed E-state index contributed by atoms with van der Waals surface area (Å²) in [6.07, 6.45) is 0.154. The summed E-state index contributed by atoms with van der Waals surface area (Å²) in [5.74, 6) is -0.269. The summed E-state index contributed by atoms with van der Waals surface area (Å²) >= 11 is 11.2. The largest absolute Gasteiger partial charge is 0.332 e. The minimum absolute atomic E-state index is 0.0538. The number of sulfonamides is 1. The Labute approximate surface area is 257 Å². The van der Waals surface area contributed by atoms with E-state index < -0.39 is 10.0 Å². The molecule has 10 heteroatoms. The Bertz CT molecular complexity index is 1570. The SMILES string of the molecule is O=C(Cc1ccc(Cl)cc1)NC(=S)Nc1ccc(S(=O)(=O)N2CCN(C(c3ccccc3)c3ccccc3)CC2)cc1. The standard InChI is InChI=1S/C32H31ClN4O3S2/c33-27-13-11-24(12-14-27)23-30(38)35-32(41)34-28-15-17-29(18-16-28)42(39,40)37-21-19-36(20-22-37)31(25-7-3-1-4-8-25)26-9-5-2-6-10-26/h1-18,31H,19-23H2,(H2,34,35,38,41). The van der Waals surface area contributed by atoms with Gasteiger partial charge in [-0.25, -0.2) is 8.42 Å². The van der Waals surface area contributed by atoms with E-state index in [0.717, 1.165) is 5.56 Å². The van der Waals surface area contributed by atoms with Gasteiger partial charge in [0.2, 0.25) is 15.9 Å². The Hall–Kier alpha value is -3.60. The summed E-state index contributed by atoms with van der Waals surface area (Å²) in [6.45, 7) is 2.00. The lowest BCUT2D eigenvalue weighted by atomic mass is 9.96. The van der Waals surface area contributed by atoms with Crippen LogP contribution in [0.5, 0.6) is 0 Å². The van der Waals surface area contributed by atoms with Crippen molar-refractivity contribution in [2.24, 2.45) is 0 Å². The van der Waals surface area contributed by atoms with Crippen LogP contribution in [0.4, 0.5) is 5.69 Å². The monoisotopic (exact) mass is 618 g/mol. The molecular weight excluding hydrogens is 588 g/mol. The normalized spacial score (nSPS) is 14.4. The minimum atomic E-state index is -3.68. The van der Waals surface area contributed by atoms with Gasteiger partial charge in [0.15, 0.2) is 5.11 Å². The first-order valence-electron chi connectivity index (χ1n) is 13.6. The Morgan fingerprint density at radius 1 is 0.786 bits per heavy atom. The van der Waals surface area contributed by atoms with Crippen molar-refractivity contribution < 1.29 is 13.2 Å². The van der Waals surface area contributed by atoms with Crippen molar-refractivity contribution in [2.45, 2.75) is 17.4 Å². The van der Waals surface area contributed by atoms with Gasteiger partial charge in [0.25, 0.3) is 0 Å². The number of carbonyl (C=O) groups is 1. The Balaban J connectivity index is 1.18. The molecular formula is C32H31ClN4O3S2. The van der Waals surface area contributed by atoms with Crippen molar-refractivity contribution in [3.63, 3.8) is 0 Å². The lowest BCUT2D eigenvalue weighted by Crippen LogP contribution is -2.49. The third-order valence-corrected chi connectivity index (χ3v) is 9.52. The molecule has 1 amide bonds. The maximum Gasteiger partial charge on any atom is 0.243 e. The zero-order chi connectivity index (χ0) is 29.5. The number of carbonyl (C=O) groups excluding carboxylic acids is 1. The lowest BCUT2D eigenvalue weighted by molar-refractivity contribution is -0.119. The van der Waals surface area contributed by atoms with Gasteiger partial charge in [0, 0.05) is 36.9 Å². The Morgan fingerprint density at radius 3 is 1.88 bits per heavy atom. The van der Waals surface area contributed by atoms with E-state index in [1.54, 1.807) is 52.8 Å². The highest BCUT2D eigenvalue weighted by atomic mass is 35.5. The molecule has 0 saturated carbocycles. The number of thiocarbonyl (C=S) groups is 1. The molecule has 1 fully saturated rings. The van der Waals surface area contributed by atoms with Gasteiger partial charge in [-0.05, 0) is 65.3 Å². The molecule has 2 N–H and O–H groups in total. The third kappa shape index (κ3) is 7.42. The first-order valence-corrected chi connectivity index (χ1v) is 15.8. The number of amides is 1. The van der Waals surface area contributed by atoms with Crippen LogP contribution in [0.1, 0.15) is 22.7 Å². The van der Waals surface area contributed by atoms with Crippen LogP contribution in [0.15, 0.2) is 114 Å². The van der Waals surface area contributed by atoms with Crippen LogP contribution < -0.4 is 10.6 Å².